The molecule has 1 amide bonds. The number of aliphatic carboxylic acids is 1. The lowest BCUT2D eigenvalue weighted by molar-refractivity contribution is -0.160. The van der Waals surface area contributed by atoms with Crippen molar-refractivity contribution in [3.63, 3.8) is 0 Å². The van der Waals surface area contributed by atoms with Gasteiger partial charge in [0.25, 0.3) is 0 Å². The topological polar surface area (TPSA) is 110 Å². The van der Waals surface area contributed by atoms with Crippen molar-refractivity contribution in [2.24, 2.45) is 28.6 Å². The third-order valence-corrected chi connectivity index (χ3v) is 9.14. The van der Waals surface area contributed by atoms with E-state index in [1.807, 2.05) is 6.08 Å². The highest BCUT2D eigenvalue weighted by Crippen LogP contribution is 2.65. The van der Waals surface area contributed by atoms with Gasteiger partial charge in [-0.15, -0.1) is 0 Å². The minimum absolute atomic E-state index is 0.0327. The Labute approximate surface area is 189 Å². The van der Waals surface area contributed by atoms with Crippen molar-refractivity contribution in [3.8, 4) is 0 Å². The van der Waals surface area contributed by atoms with Gasteiger partial charge < -0.3 is 15.2 Å². The highest BCUT2D eigenvalue weighted by molar-refractivity contribution is 5.91. The number of amides is 1. The first kappa shape index (κ1) is 23.0. The molecule has 7 heteroatoms. The van der Waals surface area contributed by atoms with Gasteiger partial charge in [-0.1, -0.05) is 19.4 Å². The van der Waals surface area contributed by atoms with E-state index in [1.54, 1.807) is 0 Å². The molecule has 176 valence electrons. The summed E-state index contributed by atoms with van der Waals surface area (Å²) in [5.74, 6) is 0.0628. The molecule has 3 saturated carbocycles. The summed E-state index contributed by atoms with van der Waals surface area (Å²) in [7, 11) is 0. The Kier molecular flexibility index (Phi) is 6.21. The van der Waals surface area contributed by atoms with E-state index >= 15 is 0 Å². The minimum Gasteiger partial charge on any atom is -0.480 e. The maximum Gasteiger partial charge on any atom is 0.322 e. The van der Waals surface area contributed by atoms with Gasteiger partial charge in [0.15, 0.2) is 5.78 Å². The van der Waals surface area contributed by atoms with Crippen molar-refractivity contribution in [1.82, 2.24) is 5.32 Å². The summed E-state index contributed by atoms with van der Waals surface area (Å²) in [5.41, 5.74) is 1.46. The molecule has 2 N–H and O–H groups in total. The number of esters is 1. The second-order valence-corrected chi connectivity index (χ2v) is 10.7. The number of ketones is 1. The summed E-state index contributed by atoms with van der Waals surface area (Å²) in [6.07, 6.45) is 9.50. The average molecular weight is 446 g/mol. The van der Waals surface area contributed by atoms with Crippen molar-refractivity contribution in [2.75, 3.05) is 6.54 Å². The predicted octanol–water partition coefficient (Wildman–Crippen LogP) is 3.41. The van der Waals surface area contributed by atoms with Crippen LogP contribution in [0.1, 0.15) is 78.1 Å². The Balaban J connectivity index is 1.37. The van der Waals surface area contributed by atoms with Crippen molar-refractivity contribution in [1.29, 1.82) is 0 Å². The maximum atomic E-state index is 12.5. The van der Waals surface area contributed by atoms with Gasteiger partial charge in [0.2, 0.25) is 5.91 Å². The maximum absolute atomic E-state index is 12.5. The Hall–Kier alpha value is -2.18. The molecule has 0 aliphatic heterocycles. The van der Waals surface area contributed by atoms with Crippen LogP contribution in [0, 0.1) is 28.6 Å². The zero-order valence-corrected chi connectivity index (χ0v) is 19.2. The minimum atomic E-state index is -1.11. The third-order valence-electron chi connectivity index (χ3n) is 9.14. The van der Waals surface area contributed by atoms with Crippen molar-refractivity contribution < 1.29 is 29.0 Å². The quantitative estimate of drug-likeness (QED) is 0.607. The van der Waals surface area contributed by atoms with Gasteiger partial charge >= 0.3 is 11.9 Å². The summed E-state index contributed by atoms with van der Waals surface area (Å²) >= 11 is 0. The number of carbonyl (C=O) groups excluding carboxylic acids is 3. The number of fused-ring (bicyclic) bond motifs is 5. The van der Waals surface area contributed by atoms with Crippen LogP contribution in [0.2, 0.25) is 0 Å². The summed E-state index contributed by atoms with van der Waals surface area (Å²) in [6, 6.07) is 0. The molecule has 0 aromatic rings. The van der Waals surface area contributed by atoms with Crippen molar-refractivity contribution in [3.05, 3.63) is 11.6 Å². The summed E-state index contributed by atoms with van der Waals surface area (Å²) in [6.45, 7) is 4.20. The number of carbonyl (C=O) groups is 4. The molecule has 0 saturated heterocycles. The SMILES string of the molecule is C[C@]12CC[C@@H]3[C@H](CCC4=CC(=O)CC[C@@]43C)[C@@H]1CC[C@@H]2OC(=O)CCC(=O)NCC(=O)O. The molecule has 7 nitrogen and oxygen atoms in total. The van der Waals surface area contributed by atoms with E-state index in [1.165, 1.54) is 5.57 Å². The van der Waals surface area contributed by atoms with Crippen LogP contribution in [0.5, 0.6) is 0 Å². The highest BCUT2D eigenvalue weighted by atomic mass is 16.5. The van der Waals surface area contributed by atoms with Crippen LogP contribution in [0.15, 0.2) is 11.6 Å². The zero-order chi connectivity index (χ0) is 23.1. The molecule has 0 heterocycles. The van der Waals surface area contributed by atoms with Gasteiger partial charge in [-0.25, -0.2) is 0 Å². The van der Waals surface area contributed by atoms with Crippen LogP contribution in [0.25, 0.3) is 0 Å². The molecule has 4 aliphatic carbocycles. The number of rotatable bonds is 6. The number of carboxylic acids is 1. The van der Waals surface area contributed by atoms with E-state index in [4.69, 9.17) is 9.84 Å². The van der Waals surface area contributed by atoms with E-state index in [9.17, 15) is 19.2 Å². The zero-order valence-electron chi connectivity index (χ0n) is 19.2. The standard InChI is InChI=1S/C25H35NO6/c1-24-11-9-16(27)13-15(24)3-4-17-18-5-6-20(25(18,2)12-10-19(17)24)32-23(31)8-7-21(28)26-14-22(29)30/h13,17-20H,3-12,14H2,1-2H3,(H,26,28)(H,29,30)/t17-,18+,19-,20+,24+,25+/m1/s1. The molecule has 32 heavy (non-hydrogen) atoms. The molecule has 0 aromatic carbocycles. The Bertz CT molecular complexity index is 849. The molecule has 4 rings (SSSR count). The van der Waals surface area contributed by atoms with Gasteiger partial charge in [-0.2, -0.15) is 0 Å². The van der Waals surface area contributed by atoms with E-state index in [-0.39, 0.29) is 41.5 Å². The molecule has 0 spiro atoms. The number of ether oxygens (including phenoxy) is 1. The largest absolute Gasteiger partial charge is 0.480 e. The van der Waals surface area contributed by atoms with Crippen LogP contribution in [0.3, 0.4) is 0 Å². The van der Waals surface area contributed by atoms with Gasteiger partial charge in [0.05, 0.1) is 6.42 Å². The fourth-order valence-electron chi connectivity index (χ4n) is 7.40. The summed E-state index contributed by atoms with van der Waals surface area (Å²) in [5, 5.41) is 10.9. The fraction of sp³-hybridized carbons (Fsp3) is 0.760. The van der Waals surface area contributed by atoms with E-state index in [0.29, 0.717) is 24.2 Å². The van der Waals surface area contributed by atoms with Crippen LogP contribution in [0.4, 0.5) is 0 Å². The summed E-state index contributed by atoms with van der Waals surface area (Å²) < 4.78 is 5.89. The molecule has 0 unspecified atom stereocenters. The number of allylic oxidation sites excluding steroid dienone is 1. The Morgan fingerprint density at radius 3 is 2.59 bits per heavy atom. The smallest absolute Gasteiger partial charge is 0.322 e. The monoisotopic (exact) mass is 445 g/mol. The Morgan fingerprint density at radius 1 is 1.06 bits per heavy atom. The predicted molar refractivity (Wildman–Crippen MR) is 116 cm³/mol. The van der Waals surface area contributed by atoms with Crippen molar-refractivity contribution >= 4 is 23.6 Å². The lowest BCUT2D eigenvalue weighted by Gasteiger charge is -2.57. The third kappa shape index (κ3) is 4.11. The number of carboxylic acid groups (broad SMARTS) is 1. The molecule has 6 atom stereocenters. The first-order valence-corrected chi connectivity index (χ1v) is 12.1. The lowest BCUT2D eigenvalue weighted by atomic mass is 9.47. The summed E-state index contributed by atoms with van der Waals surface area (Å²) in [4.78, 5) is 46.7. The van der Waals surface area contributed by atoms with Crippen LogP contribution < -0.4 is 5.32 Å². The second-order valence-electron chi connectivity index (χ2n) is 10.7. The van der Waals surface area contributed by atoms with Gasteiger partial charge in [0.1, 0.15) is 12.6 Å². The first-order chi connectivity index (χ1) is 15.1. The van der Waals surface area contributed by atoms with Gasteiger partial charge in [-0.05, 0) is 74.2 Å². The molecule has 4 aliphatic rings. The molecule has 0 aromatic heterocycles. The van der Waals surface area contributed by atoms with E-state index < -0.39 is 18.4 Å². The second kappa shape index (κ2) is 8.64. The first-order valence-electron chi connectivity index (χ1n) is 12.1. The molecular weight excluding hydrogens is 410 g/mol. The number of hydrogen-bond acceptors (Lipinski definition) is 5. The van der Waals surface area contributed by atoms with E-state index in [2.05, 4.69) is 19.2 Å². The Morgan fingerprint density at radius 2 is 1.84 bits per heavy atom. The van der Waals surface area contributed by atoms with E-state index in [0.717, 1.165) is 44.9 Å². The highest BCUT2D eigenvalue weighted by Gasteiger charge is 2.59. The number of hydrogen-bond donors (Lipinski definition) is 2. The lowest BCUT2D eigenvalue weighted by Crippen LogP contribution is -2.51. The van der Waals surface area contributed by atoms with Crippen LogP contribution in [-0.4, -0.2) is 41.4 Å². The number of nitrogens with one attached hydrogen (secondary N) is 1. The molecule has 0 radical (unpaired) electrons. The van der Waals surface area contributed by atoms with Gasteiger partial charge in [-0.3, -0.25) is 19.2 Å². The van der Waals surface area contributed by atoms with Crippen LogP contribution >= 0.6 is 0 Å². The molecule has 0 bridgehead atoms. The average Bonchev–Trinajstić information content (AvgIpc) is 3.07. The fourth-order valence-corrected chi connectivity index (χ4v) is 7.40. The van der Waals surface area contributed by atoms with Crippen molar-refractivity contribution in [2.45, 2.75) is 84.2 Å². The molecule has 3 fully saturated rings. The molecular formula is C25H35NO6. The normalized spacial score (nSPS) is 38.1. The van der Waals surface area contributed by atoms with Crippen LogP contribution in [-0.2, 0) is 23.9 Å². The van der Waals surface area contributed by atoms with Gasteiger partial charge in [0, 0.05) is 18.3 Å².